The van der Waals surface area contributed by atoms with E-state index < -0.39 is 0 Å². The highest BCUT2D eigenvalue weighted by Crippen LogP contribution is 2.22. The second-order valence-corrected chi connectivity index (χ2v) is 7.42. The zero-order valence-electron chi connectivity index (χ0n) is 18.3. The van der Waals surface area contributed by atoms with Gasteiger partial charge in [-0.25, -0.2) is 5.43 Å². The van der Waals surface area contributed by atoms with Crippen molar-refractivity contribution in [3.8, 4) is 0 Å². The maximum atomic E-state index is 4.54. The Kier molecular flexibility index (Phi) is 6.36. The first-order valence-electron chi connectivity index (χ1n) is 10.3. The van der Waals surface area contributed by atoms with Crippen molar-refractivity contribution in [1.29, 1.82) is 0 Å². The molecule has 0 saturated carbocycles. The molecule has 32 heavy (non-hydrogen) atoms. The molecule has 3 aromatic carbocycles. The molecule has 7 nitrogen and oxygen atoms in total. The van der Waals surface area contributed by atoms with Crippen molar-refractivity contribution in [2.45, 2.75) is 20.8 Å². The monoisotopic (exact) mass is 423 g/mol. The van der Waals surface area contributed by atoms with Gasteiger partial charge in [0.15, 0.2) is 0 Å². The number of aromatic nitrogens is 3. The number of aryl methyl sites for hydroxylation is 2. The van der Waals surface area contributed by atoms with E-state index >= 15 is 0 Å². The van der Waals surface area contributed by atoms with Gasteiger partial charge >= 0.3 is 0 Å². The van der Waals surface area contributed by atoms with Crippen molar-refractivity contribution in [3.05, 3.63) is 95.6 Å². The molecule has 0 saturated heterocycles. The van der Waals surface area contributed by atoms with Crippen LogP contribution in [-0.2, 0) is 0 Å². The van der Waals surface area contributed by atoms with Gasteiger partial charge in [0.2, 0.25) is 17.8 Å². The van der Waals surface area contributed by atoms with Gasteiger partial charge in [0.25, 0.3) is 0 Å². The Morgan fingerprint density at radius 3 is 2.03 bits per heavy atom. The van der Waals surface area contributed by atoms with Crippen LogP contribution in [0.15, 0.2) is 84.0 Å². The fourth-order valence-corrected chi connectivity index (χ4v) is 3.14. The summed E-state index contributed by atoms with van der Waals surface area (Å²) in [5.41, 5.74) is 8.93. The molecule has 4 rings (SSSR count). The van der Waals surface area contributed by atoms with Crippen LogP contribution in [0, 0.1) is 13.8 Å². The molecular formula is C25H25N7. The lowest BCUT2D eigenvalue weighted by Crippen LogP contribution is -2.08. The number of hydrogen-bond donors (Lipinski definition) is 3. The van der Waals surface area contributed by atoms with Crippen LogP contribution < -0.4 is 16.1 Å². The number of para-hydroxylation sites is 1. The lowest BCUT2D eigenvalue weighted by molar-refractivity contribution is 1.04. The number of rotatable bonds is 7. The van der Waals surface area contributed by atoms with Crippen LogP contribution in [0.25, 0.3) is 0 Å². The highest BCUT2D eigenvalue weighted by Gasteiger charge is 2.09. The van der Waals surface area contributed by atoms with E-state index in [2.05, 4.69) is 49.1 Å². The van der Waals surface area contributed by atoms with Gasteiger partial charge in [0.1, 0.15) is 0 Å². The first-order chi connectivity index (χ1) is 15.6. The van der Waals surface area contributed by atoms with Crippen molar-refractivity contribution in [1.82, 2.24) is 15.0 Å². The fraction of sp³-hybridized carbons (Fsp3) is 0.120. The number of hydrazone groups is 1. The first-order valence-corrected chi connectivity index (χ1v) is 10.3. The van der Waals surface area contributed by atoms with Crippen molar-refractivity contribution in [2.24, 2.45) is 5.10 Å². The average Bonchev–Trinajstić information content (AvgIpc) is 2.80. The molecule has 4 aromatic rings. The molecule has 1 aromatic heterocycles. The maximum Gasteiger partial charge on any atom is 0.250 e. The van der Waals surface area contributed by atoms with Crippen molar-refractivity contribution >= 4 is 34.9 Å². The second kappa shape index (κ2) is 9.70. The van der Waals surface area contributed by atoms with Crippen LogP contribution in [0.5, 0.6) is 0 Å². The number of nitrogens with zero attached hydrogens (tertiary/aromatic N) is 4. The molecule has 0 spiro atoms. The van der Waals surface area contributed by atoms with Gasteiger partial charge in [-0.3, -0.25) is 0 Å². The standard InChI is InChI=1S/C25H25N7/c1-17-14-15-22(18(2)16-17)27-24-28-23(26-21-12-8-5-9-13-21)29-25(30-24)32-31-19(3)20-10-6-4-7-11-20/h4-16H,1-3H3,(H3,26,27,28,29,30,32). The summed E-state index contributed by atoms with van der Waals surface area (Å²) in [5.74, 6) is 1.16. The summed E-state index contributed by atoms with van der Waals surface area (Å²) in [4.78, 5) is 13.5. The zero-order chi connectivity index (χ0) is 22.3. The highest BCUT2D eigenvalue weighted by atomic mass is 15.4. The Hall–Kier alpha value is -4.26. The Balaban J connectivity index is 1.63. The summed E-state index contributed by atoms with van der Waals surface area (Å²) < 4.78 is 0. The van der Waals surface area contributed by atoms with E-state index in [0.29, 0.717) is 17.8 Å². The van der Waals surface area contributed by atoms with Crippen LogP contribution in [0.2, 0.25) is 0 Å². The molecule has 0 aliphatic rings. The van der Waals surface area contributed by atoms with Gasteiger partial charge in [0, 0.05) is 11.4 Å². The molecule has 0 unspecified atom stereocenters. The van der Waals surface area contributed by atoms with E-state index in [-0.39, 0.29) is 0 Å². The van der Waals surface area contributed by atoms with Crippen molar-refractivity contribution in [3.63, 3.8) is 0 Å². The molecule has 7 heteroatoms. The molecule has 0 fully saturated rings. The molecule has 0 atom stereocenters. The molecule has 0 radical (unpaired) electrons. The van der Waals surface area contributed by atoms with Gasteiger partial charge in [-0.05, 0) is 50.1 Å². The Morgan fingerprint density at radius 2 is 1.34 bits per heavy atom. The van der Waals surface area contributed by atoms with E-state index in [4.69, 9.17) is 0 Å². The van der Waals surface area contributed by atoms with E-state index in [1.165, 1.54) is 5.56 Å². The first kappa shape index (κ1) is 21.0. The minimum atomic E-state index is 0.334. The minimum Gasteiger partial charge on any atom is -0.324 e. The fourth-order valence-electron chi connectivity index (χ4n) is 3.14. The SMILES string of the molecule is CC(=NNc1nc(Nc2ccccc2)nc(Nc2ccc(C)cc2C)n1)c1ccccc1. The number of hydrogen-bond acceptors (Lipinski definition) is 7. The summed E-state index contributed by atoms with van der Waals surface area (Å²) >= 11 is 0. The Labute approximate surface area is 187 Å². The van der Waals surface area contributed by atoms with Crippen LogP contribution in [0.4, 0.5) is 29.2 Å². The third kappa shape index (κ3) is 5.46. The molecule has 1 heterocycles. The number of anilines is 5. The molecule has 160 valence electrons. The average molecular weight is 424 g/mol. The lowest BCUT2D eigenvalue weighted by atomic mass is 10.1. The lowest BCUT2D eigenvalue weighted by Gasteiger charge is -2.12. The van der Waals surface area contributed by atoms with Gasteiger partial charge in [-0.15, -0.1) is 0 Å². The second-order valence-electron chi connectivity index (χ2n) is 7.42. The summed E-state index contributed by atoms with van der Waals surface area (Å²) in [5, 5.41) is 11.0. The normalized spacial score (nSPS) is 11.2. The van der Waals surface area contributed by atoms with Gasteiger partial charge in [-0.2, -0.15) is 20.1 Å². The molecular weight excluding hydrogens is 398 g/mol. The van der Waals surface area contributed by atoms with E-state index in [9.17, 15) is 0 Å². The third-order valence-corrected chi connectivity index (χ3v) is 4.81. The number of benzene rings is 3. The molecule has 0 aliphatic carbocycles. The van der Waals surface area contributed by atoms with Crippen LogP contribution in [-0.4, -0.2) is 20.7 Å². The predicted molar refractivity (Wildman–Crippen MR) is 131 cm³/mol. The van der Waals surface area contributed by atoms with Crippen LogP contribution in [0.1, 0.15) is 23.6 Å². The van der Waals surface area contributed by atoms with Crippen LogP contribution in [0.3, 0.4) is 0 Å². The highest BCUT2D eigenvalue weighted by molar-refractivity contribution is 5.98. The maximum absolute atomic E-state index is 4.54. The summed E-state index contributed by atoms with van der Waals surface area (Å²) in [7, 11) is 0. The Morgan fingerprint density at radius 1 is 0.719 bits per heavy atom. The van der Waals surface area contributed by atoms with Gasteiger partial charge in [-0.1, -0.05) is 66.2 Å². The predicted octanol–water partition coefficient (Wildman–Crippen LogP) is 5.81. The quantitative estimate of drug-likeness (QED) is 0.257. The topological polar surface area (TPSA) is 87.1 Å². The molecule has 0 amide bonds. The smallest absolute Gasteiger partial charge is 0.250 e. The van der Waals surface area contributed by atoms with Gasteiger partial charge < -0.3 is 10.6 Å². The van der Waals surface area contributed by atoms with Crippen molar-refractivity contribution < 1.29 is 0 Å². The molecule has 0 bridgehead atoms. The third-order valence-electron chi connectivity index (χ3n) is 4.81. The zero-order valence-corrected chi connectivity index (χ0v) is 18.3. The minimum absolute atomic E-state index is 0.334. The summed E-state index contributed by atoms with van der Waals surface area (Å²) in [6.45, 7) is 6.05. The van der Waals surface area contributed by atoms with Crippen molar-refractivity contribution in [2.75, 3.05) is 16.1 Å². The van der Waals surface area contributed by atoms with E-state index in [0.717, 1.165) is 28.2 Å². The van der Waals surface area contributed by atoms with E-state index in [1.54, 1.807) is 0 Å². The largest absolute Gasteiger partial charge is 0.324 e. The molecule has 3 N–H and O–H groups in total. The molecule has 0 aliphatic heterocycles. The summed E-state index contributed by atoms with van der Waals surface area (Å²) in [6.07, 6.45) is 0. The van der Waals surface area contributed by atoms with Crippen LogP contribution >= 0.6 is 0 Å². The number of nitrogens with one attached hydrogen (secondary N) is 3. The van der Waals surface area contributed by atoms with E-state index in [1.807, 2.05) is 86.6 Å². The summed E-state index contributed by atoms with van der Waals surface area (Å²) in [6, 6.07) is 25.9. The van der Waals surface area contributed by atoms with Gasteiger partial charge in [0.05, 0.1) is 5.71 Å². The Bertz CT molecular complexity index is 1220.